The van der Waals surface area contributed by atoms with E-state index in [1.54, 1.807) is 11.0 Å². The first kappa shape index (κ1) is 12.9. The van der Waals surface area contributed by atoms with Crippen LogP contribution in [0.15, 0.2) is 12.7 Å². The van der Waals surface area contributed by atoms with Crippen molar-refractivity contribution in [3.05, 3.63) is 12.7 Å². The fourth-order valence-corrected chi connectivity index (χ4v) is 3.08. The minimum Gasteiger partial charge on any atom is -0.481 e. The lowest BCUT2D eigenvalue weighted by Crippen LogP contribution is -2.53. The molecule has 5 heteroatoms. The highest BCUT2D eigenvalue weighted by molar-refractivity contribution is 5.72. The average molecular weight is 253 g/mol. The number of likely N-dealkylation sites (tertiary alicyclic amines) is 1. The molecule has 18 heavy (non-hydrogen) atoms. The first-order valence-electron chi connectivity index (χ1n) is 6.32. The maximum Gasteiger partial charge on any atom is 0.410 e. The molecule has 2 rings (SSSR count). The Morgan fingerprint density at radius 3 is 2.83 bits per heavy atom. The van der Waals surface area contributed by atoms with Crippen LogP contribution < -0.4 is 0 Å². The quantitative estimate of drug-likeness (QED) is 0.780. The topological polar surface area (TPSA) is 66.8 Å². The molecule has 1 aliphatic carbocycles. The van der Waals surface area contributed by atoms with Crippen molar-refractivity contribution in [2.45, 2.75) is 25.7 Å². The van der Waals surface area contributed by atoms with E-state index in [1.165, 1.54) is 0 Å². The molecule has 1 N–H and O–H groups in total. The number of nitrogens with zero attached hydrogens (tertiary/aromatic N) is 1. The summed E-state index contributed by atoms with van der Waals surface area (Å²) in [6, 6.07) is 0. The molecule has 0 aromatic carbocycles. The van der Waals surface area contributed by atoms with Gasteiger partial charge in [0, 0.05) is 13.1 Å². The normalized spacial score (nSPS) is 30.7. The Morgan fingerprint density at radius 2 is 2.22 bits per heavy atom. The molecule has 5 nitrogen and oxygen atoms in total. The molecule has 0 unspecified atom stereocenters. The van der Waals surface area contributed by atoms with Gasteiger partial charge in [-0.25, -0.2) is 4.79 Å². The third-order valence-electron chi connectivity index (χ3n) is 3.95. The number of ether oxygens (including phenoxy) is 1. The average Bonchev–Trinajstić information content (AvgIpc) is 2.32. The van der Waals surface area contributed by atoms with E-state index in [2.05, 4.69) is 6.58 Å². The van der Waals surface area contributed by atoms with E-state index in [0.717, 1.165) is 12.8 Å². The summed E-state index contributed by atoms with van der Waals surface area (Å²) in [7, 11) is 0. The van der Waals surface area contributed by atoms with Crippen LogP contribution in [0.1, 0.15) is 25.7 Å². The Labute approximate surface area is 106 Å². The van der Waals surface area contributed by atoms with Gasteiger partial charge in [0.15, 0.2) is 0 Å². The fraction of sp³-hybridized carbons (Fsp3) is 0.692. The molecule has 1 spiro atoms. The molecule has 0 aromatic rings. The van der Waals surface area contributed by atoms with E-state index in [1.807, 2.05) is 0 Å². The van der Waals surface area contributed by atoms with Gasteiger partial charge in [0.25, 0.3) is 0 Å². The van der Waals surface area contributed by atoms with Gasteiger partial charge < -0.3 is 14.7 Å². The van der Waals surface area contributed by atoms with E-state index in [9.17, 15) is 9.59 Å². The molecule has 0 aromatic heterocycles. The van der Waals surface area contributed by atoms with Crippen LogP contribution in [0.2, 0.25) is 0 Å². The second-order valence-electron chi connectivity index (χ2n) is 5.33. The molecule has 100 valence electrons. The number of carboxylic acid groups (broad SMARTS) is 1. The van der Waals surface area contributed by atoms with E-state index >= 15 is 0 Å². The standard InChI is InChI=1S/C13H19NO4/c1-2-6-18-12(17)14-5-3-4-13(9-14)7-10(8-13)11(15)16/h2,10H,1,3-9H2,(H,15,16). The molecule has 2 aliphatic rings. The Balaban J connectivity index is 1.88. The molecule has 1 amide bonds. The van der Waals surface area contributed by atoms with Crippen molar-refractivity contribution in [2.75, 3.05) is 19.7 Å². The lowest BCUT2D eigenvalue weighted by molar-refractivity contribution is -0.152. The Morgan fingerprint density at radius 1 is 1.50 bits per heavy atom. The summed E-state index contributed by atoms with van der Waals surface area (Å²) in [5, 5.41) is 8.92. The summed E-state index contributed by atoms with van der Waals surface area (Å²) >= 11 is 0. The largest absolute Gasteiger partial charge is 0.481 e. The monoisotopic (exact) mass is 253 g/mol. The predicted molar refractivity (Wildman–Crippen MR) is 65.1 cm³/mol. The number of hydrogen-bond acceptors (Lipinski definition) is 3. The molecular weight excluding hydrogens is 234 g/mol. The molecular formula is C13H19NO4. The smallest absolute Gasteiger partial charge is 0.410 e. The number of rotatable bonds is 3. The predicted octanol–water partition coefficient (Wildman–Crippen LogP) is 1.89. The van der Waals surface area contributed by atoms with Crippen molar-refractivity contribution in [1.82, 2.24) is 4.90 Å². The summed E-state index contributed by atoms with van der Waals surface area (Å²) < 4.78 is 5.02. The Bertz CT molecular complexity index is 360. The van der Waals surface area contributed by atoms with Crippen LogP contribution in [0.4, 0.5) is 4.79 Å². The van der Waals surface area contributed by atoms with Crippen LogP contribution in [-0.2, 0) is 9.53 Å². The number of carbonyl (C=O) groups excluding carboxylic acids is 1. The van der Waals surface area contributed by atoms with Crippen LogP contribution in [0, 0.1) is 11.3 Å². The second kappa shape index (κ2) is 5.00. The summed E-state index contributed by atoms with van der Waals surface area (Å²) in [4.78, 5) is 24.3. The summed E-state index contributed by atoms with van der Waals surface area (Å²) in [6.45, 7) is 5.06. The minimum absolute atomic E-state index is 0.0223. The minimum atomic E-state index is -0.716. The molecule has 1 saturated carbocycles. The summed E-state index contributed by atoms with van der Waals surface area (Å²) in [6.07, 6.45) is 4.55. The highest BCUT2D eigenvalue weighted by atomic mass is 16.6. The van der Waals surface area contributed by atoms with Gasteiger partial charge in [-0.1, -0.05) is 12.7 Å². The van der Waals surface area contributed by atoms with Gasteiger partial charge in [-0.15, -0.1) is 0 Å². The van der Waals surface area contributed by atoms with Crippen LogP contribution in [0.5, 0.6) is 0 Å². The van der Waals surface area contributed by atoms with Crippen LogP contribution in [-0.4, -0.2) is 41.8 Å². The van der Waals surface area contributed by atoms with Gasteiger partial charge in [0.05, 0.1) is 5.92 Å². The van der Waals surface area contributed by atoms with E-state index in [4.69, 9.17) is 9.84 Å². The molecule has 1 saturated heterocycles. The van der Waals surface area contributed by atoms with Crippen molar-refractivity contribution >= 4 is 12.1 Å². The summed E-state index contributed by atoms with van der Waals surface area (Å²) in [5.41, 5.74) is 0.0223. The third kappa shape index (κ3) is 2.49. The lowest BCUT2D eigenvalue weighted by Gasteiger charge is -2.51. The van der Waals surface area contributed by atoms with Gasteiger partial charge in [-0.2, -0.15) is 0 Å². The van der Waals surface area contributed by atoms with Crippen molar-refractivity contribution in [3.8, 4) is 0 Å². The van der Waals surface area contributed by atoms with Gasteiger partial charge in [-0.3, -0.25) is 4.79 Å². The molecule has 0 atom stereocenters. The molecule has 0 bridgehead atoms. The zero-order valence-corrected chi connectivity index (χ0v) is 10.4. The summed E-state index contributed by atoms with van der Waals surface area (Å²) in [5.74, 6) is -0.943. The number of hydrogen-bond donors (Lipinski definition) is 1. The molecule has 1 aliphatic heterocycles. The second-order valence-corrected chi connectivity index (χ2v) is 5.33. The van der Waals surface area contributed by atoms with E-state index < -0.39 is 5.97 Å². The van der Waals surface area contributed by atoms with Gasteiger partial charge >= 0.3 is 12.1 Å². The van der Waals surface area contributed by atoms with Gasteiger partial charge in [0.1, 0.15) is 6.61 Å². The van der Waals surface area contributed by atoms with Crippen LogP contribution >= 0.6 is 0 Å². The number of carbonyl (C=O) groups is 2. The van der Waals surface area contributed by atoms with Gasteiger partial charge in [-0.05, 0) is 31.1 Å². The highest BCUT2D eigenvalue weighted by Gasteiger charge is 2.50. The van der Waals surface area contributed by atoms with Gasteiger partial charge in [0.2, 0.25) is 0 Å². The molecule has 1 heterocycles. The van der Waals surface area contributed by atoms with Crippen molar-refractivity contribution in [2.24, 2.45) is 11.3 Å². The Kier molecular flexibility index (Phi) is 3.59. The van der Waals surface area contributed by atoms with Crippen LogP contribution in [0.25, 0.3) is 0 Å². The van der Waals surface area contributed by atoms with Crippen LogP contribution in [0.3, 0.4) is 0 Å². The highest BCUT2D eigenvalue weighted by Crippen LogP contribution is 2.51. The first-order chi connectivity index (χ1) is 8.56. The number of piperidine rings is 1. The molecule has 0 radical (unpaired) electrons. The van der Waals surface area contributed by atoms with Crippen molar-refractivity contribution < 1.29 is 19.4 Å². The third-order valence-corrected chi connectivity index (χ3v) is 3.95. The Hall–Kier alpha value is -1.52. The van der Waals surface area contributed by atoms with Crippen molar-refractivity contribution in [3.63, 3.8) is 0 Å². The fourth-order valence-electron chi connectivity index (χ4n) is 3.08. The lowest BCUT2D eigenvalue weighted by atomic mass is 9.58. The first-order valence-corrected chi connectivity index (χ1v) is 6.32. The van der Waals surface area contributed by atoms with E-state index in [0.29, 0.717) is 25.9 Å². The zero-order chi connectivity index (χ0) is 13.2. The number of carboxylic acids is 1. The molecule has 2 fully saturated rings. The van der Waals surface area contributed by atoms with E-state index in [-0.39, 0.29) is 24.0 Å². The maximum atomic E-state index is 11.7. The van der Waals surface area contributed by atoms with Crippen molar-refractivity contribution in [1.29, 1.82) is 0 Å². The maximum absolute atomic E-state index is 11.7. The number of amides is 1. The zero-order valence-electron chi connectivity index (χ0n) is 10.4. The number of aliphatic carboxylic acids is 1. The SMILES string of the molecule is C=CCOC(=O)N1CCCC2(CC(C(=O)O)C2)C1.